The highest BCUT2D eigenvalue weighted by atomic mass is 16.5. The van der Waals surface area contributed by atoms with E-state index in [1.165, 1.54) is 6.42 Å². The van der Waals surface area contributed by atoms with Gasteiger partial charge in [0.05, 0.1) is 13.0 Å². The number of nitrogens with one attached hydrogen (secondary N) is 1. The average Bonchev–Trinajstić information content (AvgIpc) is 2.46. The van der Waals surface area contributed by atoms with Crippen LogP contribution in [0.3, 0.4) is 0 Å². The van der Waals surface area contributed by atoms with E-state index in [0.717, 1.165) is 13.1 Å². The maximum Gasteiger partial charge on any atom is 0.307 e. The SMILES string of the molecule is CCOC(=O)CCNC1CC(C)N(C)C1. The number of hydrogen-bond donors (Lipinski definition) is 1. The van der Waals surface area contributed by atoms with Gasteiger partial charge in [-0.1, -0.05) is 0 Å². The first-order chi connectivity index (χ1) is 7.13. The van der Waals surface area contributed by atoms with E-state index < -0.39 is 0 Å². The van der Waals surface area contributed by atoms with Gasteiger partial charge in [0.25, 0.3) is 0 Å². The van der Waals surface area contributed by atoms with Crippen molar-refractivity contribution in [3.8, 4) is 0 Å². The van der Waals surface area contributed by atoms with E-state index in [1.807, 2.05) is 6.92 Å². The van der Waals surface area contributed by atoms with Crippen LogP contribution < -0.4 is 5.32 Å². The Morgan fingerprint density at radius 1 is 1.60 bits per heavy atom. The second-order valence-corrected chi connectivity index (χ2v) is 4.23. The molecule has 4 heteroatoms. The Labute approximate surface area is 92.0 Å². The van der Waals surface area contributed by atoms with E-state index in [2.05, 4.69) is 24.2 Å². The summed E-state index contributed by atoms with van der Waals surface area (Å²) in [6, 6.07) is 1.17. The van der Waals surface area contributed by atoms with E-state index in [-0.39, 0.29) is 5.97 Å². The number of likely N-dealkylation sites (tertiary alicyclic amines) is 1. The highest BCUT2D eigenvalue weighted by Gasteiger charge is 2.25. The van der Waals surface area contributed by atoms with Gasteiger partial charge < -0.3 is 15.0 Å². The smallest absolute Gasteiger partial charge is 0.307 e. The molecule has 0 aromatic carbocycles. The molecule has 1 heterocycles. The van der Waals surface area contributed by atoms with Gasteiger partial charge in [-0.3, -0.25) is 4.79 Å². The number of rotatable bonds is 5. The number of hydrogen-bond acceptors (Lipinski definition) is 4. The highest BCUT2D eigenvalue weighted by Crippen LogP contribution is 2.14. The minimum Gasteiger partial charge on any atom is -0.466 e. The molecule has 1 N–H and O–H groups in total. The third kappa shape index (κ3) is 4.18. The molecule has 0 radical (unpaired) electrons. The summed E-state index contributed by atoms with van der Waals surface area (Å²) >= 11 is 0. The Balaban J connectivity index is 2.08. The molecule has 0 aromatic rings. The van der Waals surface area contributed by atoms with Crippen molar-refractivity contribution in [2.45, 2.75) is 38.8 Å². The first-order valence-electron chi connectivity index (χ1n) is 5.72. The molecule has 0 saturated carbocycles. The minimum atomic E-state index is -0.107. The predicted molar refractivity (Wildman–Crippen MR) is 59.7 cm³/mol. The average molecular weight is 214 g/mol. The fourth-order valence-corrected chi connectivity index (χ4v) is 1.95. The third-order valence-corrected chi connectivity index (χ3v) is 2.95. The monoisotopic (exact) mass is 214 g/mol. The van der Waals surface area contributed by atoms with Gasteiger partial charge in [0.15, 0.2) is 0 Å². The summed E-state index contributed by atoms with van der Waals surface area (Å²) in [6.07, 6.45) is 1.64. The van der Waals surface area contributed by atoms with E-state index in [9.17, 15) is 4.79 Å². The summed E-state index contributed by atoms with van der Waals surface area (Å²) < 4.78 is 4.86. The van der Waals surface area contributed by atoms with Crippen molar-refractivity contribution >= 4 is 5.97 Å². The molecule has 0 amide bonds. The van der Waals surface area contributed by atoms with Gasteiger partial charge in [0.1, 0.15) is 0 Å². The summed E-state index contributed by atoms with van der Waals surface area (Å²) in [6.45, 7) is 6.34. The summed E-state index contributed by atoms with van der Waals surface area (Å²) in [5.41, 5.74) is 0. The Morgan fingerprint density at radius 3 is 2.87 bits per heavy atom. The molecule has 0 bridgehead atoms. The van der Waals surface area contributed by atoms with Gasteiger partial charge in [-0.25, -0.2) is 0 Å². The normalized spacial score (nSPS) is 26.9. The minimum absolute atomic E-state index is 0.107. The zero-order valence-corrected chi connectivity index (χ0v) is 9.95. The molecule has 1 saturated heterocycles. The highest BCUT2D eigenvalue weighted by molar-refractivity contribution is 5.69. The molecule has 1 aliphatic rings. The van der Waals surface area contributed by atoms with Crippen LogP contribution in [0, 0.1) is 0 Å². The fourth-order valence-electron chi connectivity index (χ4n) is 1.95. The summed E-state index contributed by atoms with van der Waals surface area (Å²) in [7, 11) is 2.14. The topological polar surface area (TPSA) is 41.6 Å². The lowest BCUT2D eigenvalue weighted by Gasteiger charge is -2.13. The summed E-state index contributed by atoms with van der Waals surface area (Å²) in [5, 5.41) is 3.39. The van der Waals surface area contributed by atoms with Crippen LogP contribution in [0.4, 0.5) is 0 Å². The van der Waals surface area contributed by atoms with Crippen LogP contribution in [0.25, 0.3) is 0 Å². The molecule has 4 nitrogen and oxygen atoms in total. The lowest BCUT2D eigenvalue weighted by Crippen LogP contribution is -2.33. The van der Waals surface area contributed by atoms with Crippen molar-refractivity contribution in [3.05, 3.63) is 0 Å². The number of likely N-dealkylation sites (N-methyl/N-ethyl adjacent to an activating group) is 1. The molecule has 1 fully saturated rings. The van der Waals surface area contributed by atoms with Crippen molar-refractivity contribution in [1.29, 1.82) is 0 Å². The maximum absolute atomic E-state index is 11.1. The Hall–Kier alpha value is -0.610. The molecular formula is C11H22N2O2. The van der Waals surface area contributed by atoms with Gasteiger partial charge in [-0.2, -0.15) is 0 Å². The molecule has 1 rings (SSSR count). The van der Waals surface area contributed by atoms with Crippen LogP contribution in [0.5, 0.6) is 0 Å². The quantitative estimate of drug-likeness (QED) is 0.681. The van der Waals surface area contributed by atoms with Crippen molar-refractivity contribution in [2.75, 3.05) is 26.7 Å². The second kappa shape index (κ2) is 6.08. The first kappa shape index (κ1) is 12.5. The van der Waals surface area contributed by atoms with Crippen LogP contribution in [-0.4, -0.2) is 49.7 Å². The number of carbonyl (C=O) groups excluding carboxylic acids is 1. The molecular weight excluding hydrogens is 192 g/mol. The molecule has 2 atom stereocenters. The zero-order chi connectivity index (χ0) is 11.3. The van der Waals surface area contributed by atoms with Crippen LogP contribution in [-0.2, 0) is 9.53 Å². The van der Waals surface area contributed by atoms with Crippen molar-refractivity contribution in [1.82, 2.24) is 10.2 Å². The zero-order valence-electron chi connectivity index (χ0n) is 9.95. The van der Waals surface area contributed by atoms with Gasteiger partial charge in [-0.15, -0.1) is 0 Å². The fraction of sp³-hybridized carbons (Fsp3) is 0.909. The largest absolute Gasteiger partial charge is 0.466 e. The van der Waals surface area contributed by atoms with Crippen LogP contribution in [0.1, 0.15) is 26.7 Å². The number of ether oxygens (including phenoxy) is 1. The van der Waals surface area contributed by atoms with E-state index in [4.69, 9.17) is 4.74 Å². The van der Waals surface area contributed by atoms with Crippen molar-refractivity contribution < 1.29 is 9.53 Å². The lowest BCUT2D eigenvalue weighted by atomic mass is 10.2. The summed E-state index contributed by atoms with van der Waals surface area (Å²) in [4.78, 5) is 13.4. The van der Waals surface area contributed by atoms with Crippen LogP contribution >= 0.6 is 0 Å². The van der Waals surface area contributed by atoms with E-state index in [1.54, 1.807) is 0 Å². The van der Waals surface area contributed by atoms with Crippen molar-refractivity contribution in [2.24, 2.45) is 0 Å². The molecule has 88 valence electrons. The Morgan fingerprint density at radius 2 is 2.33 bits per heavy atom. The van der Waals surface area contributed by atoms with Crippen LogP contribution in [0.15, 0.2) is 0 Å². The number of esters is 1. The molecule has 1 aliphatic heterocycles. The lowest BCUT2D eigenvalue weighted by molar-refractivity contribution is -0.142. The van der Waals surface area contributed by atoms with Gasteiger partial charge in [0, 0.05) is 25.2 Å². The Kier molecular flexibility index (Phi) is 5.05. The summed E-state index contributed by atoms with van der Waals surface area (Å²) in [5.74, 6) is -0.107. The third-order valence-electron chi connectivity index (χ3n) is 2.95. The van der Waals surface area contributed by atoms with Crippen molar-refractivity contribution in [3.63, 3.8) is 0 Å². The molecule has 0 aliphatic carbocycles. The standard InChI is InChI=1S/C11H22N2O2/c1-4-15-11(14)5-6-12-10-7-9(2)13(3)8-10/h9-10,12H,4-8H2,1-3H3. The first-order valence-corrected chi connectivity index (χ1v) is 5.72. The van der Waals surface area contributed by atoms with Crippen LogP contribution in [0.2, 0.25) is 0 Å². The van der Waals surface area contributed by atoms with Gasteiger partial charge in [0.2, 0.25) is 0 Å². The molecule has 15 heavy (non-hydrogen) atoms. The molecule has 2 unspecified atom stereocenters. The Bertz CT molecular complexity index is 199. The number of nitrogens with zero attached hydrogens (tertiary/aromatic N) is 1. The molecule has 0 spiro atoms. The van der Waals surface area contributed by atoms with E-state index >= 15 is 0 Å². The molecule has 0 aromatic heterocycles. The number of carbonyl (C=O) groups is 1. The van der Waals surface area contributed by atoms with Gasteiger partial charge in [-0.05, 0) is 27.3 Å². The predicted octanol–water partition coefficient (Wildman–Crippen LogP) is 0.622. The second-order valence-electron chi connectivity index (χ2n) is 4.23. The maximum atomic E-state index is 11.1. The van der Waals surface area contributed by atoms with E-state index in [0.29, 0.717) is 25.1 Å². The van der Waals surface area contributed by atoms with Gasteiger partial charge >= 0.3 is 5.97 Å².